The molecule has 188 valence electrons. The molecule has 0 spiro atoms. The zero-order valence-corrected chi connectivity index (χ0v) is 21.2. The number of aromatic nitrogens is 4. The Labute approximate surface area is 208 Å². The highest BCUT2D eigenvalue weighted by Gasteiger charge is 2.24. The number of para-hydroxylation sites is 1. The summed E-state index contributed by atoms with van der Waals surface area (Å²) >= 11 is 0. The summed E-state index contributed by atoms with van der Waals surface area (Å²) in [5.74, 6) is 0.529. The number of rotatable bonds is 5. The maximum absolute atomic E-state index is 14.3. The number of nitrogens with zero attached hydrogens (tertiary/aromatic N) is 6. The van der Waals surface area contributed by atoms with Crippen LogP contribution in [0.4, 0.5) is 10.1 Å². The molecule has 36 heavy (non-hydrogen) atoms. The summed E-state index contributed by atoms with van der Waals surface area (Å²) in [4.78, 5) is 35.0. The van der Waals surface area contributed by atoms with E-state index < -0.39 is 5.69 Å². The molecule has 8 nitrogen and oxygen atoms in total. The number of halogens is 1. The lowest BCUT2D eigenvalue weighted by atomic mass is 10.1. The van der Waals surface area contributed by atoms with E-state index >= 15 is 0 Å². The van der Waals surface area contributed by atoms with Gasteiger partial charge in [-0.3, -0.25) is 18.8 Å². The molecule has 1 aliphatic rings. The van der Waals surface area contributed by atoms with Crippen molar-refractivity contribution in [2.75, 3.05) is 31.1 Å². The third kappa shape index (κ3) is 4.24. The Bertz CT molecular complexity index is 1560. The fourth-order valence-corrected chi connectivity index (χ4v) is 4.98. The van der Waals surface area contributed by atoms with E-state index in [2.05, 4.69) is 34.9 Å². The molecule has 0 radical (unpaired) electrons. The molecule has 1 aliphatic heterocycles. The summed E-state index contributed by atoms with van der Waals surface area (Å²) < 4.78 is 18.8. The number of fused-ring (bicyclic) bond motifs is 1. The summed E-state index contributed by atoms with van der Waals surface area (Å²) in [6.07, 6.45) is 0. The van der Waals surface area contributed by atoms with Crippen LogP contribution in [0.3, 0.4) is 0 Å². The molecule has 0 saturated carbocycles. The lowest BCUT2D eigenvalue weighted by Crippen LogP contribution is -2.46. The third-order valence-electron chi connectivity index (χ3n) is 7.19. The van der Waals surface area contributed by atoms with Gasteiger partial charge < -0.3 is 9.47 Å². The second-order valence-corrected chi connectivity index (χ2v) is 9.64. The van der Waals surface area contributed by atoms with E-state index in [-0.39, 0.29) is 11.4 Å². The van der Waals surface area contributed by atoms with Crippen molar-refractivity contribution in [2.24, 2.45) is 14.1 Å². The monoisotopic (exact) mass is 490 g/mol. The zero-order valence-electron chi connectivity index (χ0n) is 21.2. The van der Waals surface area contributed by atoms with Crippen molar-refractivity contribution >= 4 is 16.9 Å². The maximum atomic E-state index is 14.3. The largest absolute Gasteiger partial charge is 0.367 e. The molecule has 1 fully saturated rings. The zero-order chi connectivity index (χ0) is 25.6. The number of hydrogen-bond acceptors (Lipinski definition) is 5. The molecule has 2 aromatic carbocycles. The lowest BCUT2D eigenvalue weighted by Gasteiger charge is -2.36. The van der Waals surface area contributed by atoms with Crippen molar-refractivity contribution in [3.63, 3.8) is 0 Å². The number of benzene rings is 2. The van der Waals surface area contributed by atoms with Crippen LogP contribution in [0.5, 0.6) is 0 Å². The Balaban J connectivity index is 1.50. The van der Waals surface area contributed by atoms with E-state index in [1.165, 1.54) is 17.7 Å². The number of piperazine rings is 1. The molecular formula is C27H31FN6O2. The third-order valence-corrected chi connectivity index (χ3v) is 7.19. The Hall–Kier alpha value is -3.72. The van der Waals surface area contributed by atoms with Crippen LogP contribution in [0.15, 0.2) is 52.1 Å². The van der Waals surface area contributed by atoms with Gasteiger partial charge in [-0.2, -0.15) is 0 Å². The normalized spacial score (nSPS) is 14.6. The van der Waals surface area contributed by atoms with Gasteiger partial charge in [0.05, 0.1) is 12.2 Å². The van der Waals surface area contributed by atoms with E-state index in [0.717, 1.165) is 40.2 Å². The molecule has 4 aromatic rings. The fraction of sp³-hybridized carbons (Fsp3) is 0.370. The average Bonchev–Trinajstić information content (AvgIpc) is 3.22. The van der Waals surface area contributed by atoms with Crippen molar-refractivity contribution in [1.29, 1.82) is 0 Å². The van der Waals surface area contributed by atoms with Crippen LogP contribution >= 0.6 is 0 Å². The molecule has 0 atom stereocenters. The SMILES string of the molecule is Cc1ccc(C)c(Cn2c(CN3CCN(c4ccccc4F)CC3)nc3c2c(=O)n(C)c(=O)n3C)c1. The van der Waals surface area contributed by atoms with Crippen LogP contribution < -0.4 is 16.1 Å². The first-order valence-electron chi connectivity index (χ1n) is 12.2. The predicted molar refractivity (Wildman–Crippen MR) is 139 cm³/mol. The molecular weight excluding hydrogens is 459 g/mol. The maximum Gasteiger partial charge on any atom is 0.332 e. The second-order valence-electron chi connectivity index (χ2n) is 9.64. The lowest BCUT2D eigenvalue weighted by molar-refractivity contribution is 0.241. The first-order chi connectivity index (χ1) is 17.2. The van der Waals surface area contributed by atoms with Gasteiger partial charge in [0, 0.05) is 46.8 Å². The Kier molecular flexibility index (Phi) is 6.26. The minimum absolute atomic E-state index is 0.210. The fourth-order valence-electron chi connectivity index (χ4n) is 4.98. The molecule has 0 aliphatic carbocycles. The Morgan fingerprint density at radius 3 is 2.36 bits per heavy atom. The van der Waals surface area contributed by atoms with Crippen molar-refractivity contribution < 1.29 is 4.39 Å². The van der Waals surface area contributed by atoms with Crippen LogP contribution in [0.1, 0.15) is 22.5 Å². The summed E-state index contributed by atoms with van der Waals surface area (Å²) in [6.45, 7) is 7.98. The molecule has 9 heteroatoms. The van der Waals surface area contributed by atoms with E-state index in [1.807, 2.05) is 23.6 Å². The summed E-state index contributed by atoms with van der Waals surface area (Å²) in [5, 5.41) is 0. The standard InChI is InChI=1S/C27H31FN6O2/c1-18-9-10-19(2)20(15-18)16-34-23(29-25-24(34)26(35)31(4)27(36)30(25)3)17-32-11-13-33(14-12-32)22-8-6-5-7-21(22)28/h5-10,15H,11-14,16-17H2,1-4H3. The summed E-state index contributed by atoms with van der Waals surface area (Å²) in [5.41, 5.74) is 4.10. The topological polar surface area (TPSA) is 68.3 Å². The molecule has 0 amide bonds. The predicted octanol–water partition coefficient (Wildman–Crippen LogP) is 2.56. The van der Waals surface area contributed by atoms with Crippen molar-refractivity contribution in [3.05, 3.63) is 91.6 Å². The highest BCUT2D eigenvalue weighted by atomic mass is 19.1. The van der Waals surface area contributed by atoms with Gasteiger partial charge in [0.2, 0.25) is 0 Å². The summed E-state index contributed by atoms with van der Waals surface area (Å²) in [7, 11) is 3.15. The quantitative estimate of drug-likeness (QED) is 0.430. The molecule has 0 N–H and O–H groups in total. The molecule has 1 saturated heterocycles. The smallest absolute Gasteiger partial charge is 0.332 e. The van der Waals surface area contributed by atoms with E-state index in [1.54, 1.807) is 13.1 Å². The van der Waals surface area contributed by atoms with Gasteiger partial charge in [-0.15, -0.1) is 0 Å². The van der Waals surface area contributed by atoms with Crippen LogP contribution in [0.2, 0.25) is 0 Å². The van der Waals surface area contributed by atoms with Gasteiger partial charge in [0.25, 0.3) is 5.56 Å². The first kappa shape index (κ1) is 24.0. The van der Waals surface area contributed by atoms with Gasteiger partial charge in [-0.05, 0) is 37.1 Å². The highest BCUT2D eigenvalue weighted by molar-refractivity contribution is 5.71. The number of anilines is 1. The molecule has 2 aromatic heterocycles. The van der Waals surface area contributed by atoms with Gasteiger partial charge in [0.15, 0.2) is 11.2 Å². The Morgan fingerprint density at radius 1 is 0.917 bits per heavy atom. The van der Waals surface area contributed by atoms with Crippen LogP contribution in [0, 0.1) is 19.7 Å². The number of imidazole rings is 1. The second kappa shape index (κ2) is 9.39. The first-order valence-corrected chi connectivity index (χ1v) is 12.2. The van der Waals surface area contributed by atoms with Gasteiger partial charge in [-0.1, -0.05) is 35.9 Å². The minimum atomic E-state index is -0.395. The van der Waals surface area contributed by atoms with Crippen LogP contribution in [0.25, 0.3) is 11.2 Å². The van der Waals surface area contributed by atoms with Crippen LogP contribution in [-0.2, 0) is 27.2 Å². The van der Waals surface area contributed by atoms with Crippen LogP contribution in [-0.4, -0.2) is 49.8 Å². The van der Waals surface area contributed by atoms with Gasteiger partial charge in [0.1, 0.15) is 11.6 Å². The van der Waals surface area contributed by atoms with Crippen molar-refractivity contribution in [2.45, 2.75) is 26.9 Å². The van der Waals surface area contributed by atoms with Gasteiger partial charge >= 0.3 is 5.69 Å². The van der Waals surface area contributed by atoms with E-state index in [0.29, 0.717) is 43.0 Å². The minimum Gasteiger partial charge on any atom is -0.367 e. The molecule has 5 rings (SSSR count). The Morgan fingerprint density at radius 2 is 1.64 bits per heavy atom. The average molecular weight is 491 g/mol. The molecule has 0 unspecified atom stereocenters. The van der Waals surface area contributed by atoms with E-state index in [9.17, 15) is 14.0 Å². The van der Waals surface area contributed by atoms with Gasteiger partial charge in [-0.25, -0.2) is 14.2 Å². The summed E-state index contributed by atoms with van der Waals surface area (Å²) in [6, 6.07) is 13.1. The molecule has 3 heterocycles. The molecule has 0 bridgehead atoms. The van der Waals surface area contributed by atoms with Crippen molar-refractivity contribution in [3.8, 4) is 0 Å². The van der Waals surface area contributed by atoms with E-state index in [4.69, 9.17) is 4.98 Å². The number of aryl methyl sites for hydroxylation is 3. The number of hydrogen-bond donors (Lipinski definition) is 0. The highest BCUT2D eigenvalue weighted by Crippen LogP contribution is 2.22. The van der Waals surface area contributed by atoms with Crippen molar-refractivity contribution in [1.82, 2.24) is 23.6 Å².